The zero-order valence-electron chi connectivity index (χ0n) is 24.5. The quantitative estimate of drug-likeness (QED) is 0.191. The number of carbonyl (C=O) groups excluding carboxylic acids is 1. The Morgan fingerprint density at radius 2 is 1.62 bits per heavy atom. The van der Waals surface area contributed by atoms with Gasteiger partial charge in [-0.3, -0.25) is 4.79 Å². The molecule has 40 heavy (non-hydrogen) atoms. The van der Waals surface area contributed by atoms with E-state index in [1.165, 1.54) is 22.3 Å². The largest absolute Gasteiger partial charge is 0.493 e. The first kappa shape index (κ1) is 28.3. The van der Waals surface area contributed by atoms with E-state index in [0.717, 1.165) is 50.0 Å². The van der Waals surface area contributed by atoms with Crippen molar-refractivity contribution < 1.29 is 19.0 Å². The van der Waals surface area contributed by atoms with E-state index in [9.17, 15) is 4.79 Å². The van der Waals surface area contributed by atoms with Crippen LogP contribution >= 0.6 is 0 Å². The number of benzene rings is 3. The summed E-state index contributed by atoms with van der Waals surface area (Å²) in [4.78, 5) is 12.1. The molecule has 0 bridgehead atoms. The van der Waals surface area contributed by atoms with Crippen LogP contribution in [-0.4, -0.2) is 24.8 Å². The van der Waals surface area contributed by atoms with E-state index in [0.29, 0.717) is 25.0 Å². The molecule has 2 atom stereocenters. The summed E-state index contributed by atoms with van der Waals surface area (Å²) >= 11 is 0. The topological polar surface area (TPSA) is 44.8 Å². The number of fused-ring (bicyclic) bond motifs is 1. The van der Waals surface area contributed by atoms with Crippen molar-refractivity contribution in [3.05, 3.63) is 95.1 Å². The second-order valence-corrected chi connectivity index (χ2v) is 12.5. The van der Waals surface area contributed by atoms with Gasteiger partial charge in [-0.05, 0) is 111 Å². The molecular formula is C36H44O4. The summed E-state index contributed by atoms with van der Waals surface area (Å²) in [6.45, 7) is 9.57. The van der Waals surface area contributed by atoms with Crippen molar-refractivity contribution in [2.75, 3.05) is 13.2 Å². The molecule has 3 aromatic rings. The van der Waals surface area contributed by atoms with Gasteiger partial charge in [-0.1, -0.05) is 61.9 Å². The van der Waals surface area contributed by atoms with Gasteiger partial charge >= 0.3 is 5.97 Å². The lowest BCUT2D eigenvalue weighted by atomic mass is 9.69. The third-order valence-corrected chi connectivity index (χ3v) is 8.26. The van der Waals surface area contributed by atoms with Crippen molar-refractivity contribution in [1.82, 2.24) is 0 Å². The molecule has 4 heteroatoms. The lowest BCUT2D eigenvalue weighted by molar-refractivity contribution is -0.153. The van der Waals surface area contributed by atoms with Crippen LogP contribution < -0.4 is 9.47 Å². The molecule has 2 aliphatic rings. The van der Waals surface area contributed by atoms with E-state index < -0.39 is 0 Å². The summed E-state index contributed by atoms with van der Waals surface area (Å²) in [6.07, 6.45) is 5.85. The van der Waals surface area contributed by atoms with Crippen LogP contribution in [0, 0.1) is 11.8 Å². The lowest BCUT2D eigenvalue weighted by Gasteiger charge is -2.35. The van der Waals surface area contributed by atoms with Crippen molar-refractivity contribution in [2.45, 2.75) is 83.7 Å². The minimum atomic E-state index is -0.219. The number of aryl methyl sites for hydroxylation is 1. The van der Waals surface area contributed by atoms with Gasteiger partial charge < -0.3 is 14.2 Å². The number of hydrogen-bond donors (Lipinski definition) is 0. The smallest absolute Gasteiger partial charge is 0.308 e. The summed E-state index contributed by atoms with van der Waals surface area (Å²) in [5, 5.41) is 0. The van der Waals surface area contributed by atoms with Crippen LogP contribution in [0.25, 0.3) is 0 Å². The molecule has 0 heterocycles. The first-order valence-electron chi connectivity index (χ1n) is 15.1. The maximum atomic E-state index is 12.1. The van der Waals surface area contributed by atoms with Gasteiger partial charge in [-0.25, -0.2) is 0 Å². The van der Waals surface area contributed by atoms with Crippen molar-refractivity contribution >= 4 is 5.97 Å². The van der Waals surface area contributed by atoms with Crippen LogP contribution in [0.2, 0.25) is 0 Å². The van der Waals surface area contributed by atoms with Gasteiger partial charge in [0.15, 0.2) is 0 Å². The Balaban J connectivity index is 1.27. The standard InChI is InChI=1S/C36H44O4/c1-5-6-20-38-35(37)29-21-25(22-29)24-39-30-15-12-27(13-16-30)34-32(26-10-8-7-9-11-26)18-14-28-23-31(17-19-33(28)34)40-36(2,3)4/h7-13,15-17,19,23,25,29,32,34H,5-6,14,18,20-22,24H2,1-4H3/t25?,29?,32-,34+/m1/s1. The highest BCUT2D eigenvalue weighted by molar-refractivity contribution is 5.73. The molecule has 3 aromatic carbocycles. The molecule has 0 amide bonds. The first-order valence-corrected chi connectivity index (χ1v) is 15.1. The molecule has 1 fully saturated rings. The fourth-order valence-corrected chi connectivity index (χ4v) is 6.17. The summed E-state index contributed by atoms with van der Waals surface area (Å²) < 4.78 is 17.7. The third-order valence-electron chi connectivity index (χ3n) is 8.26. The number of esters is 1. The Kier molecular flexibility index (Phi) is 8.83. The van der Waals surface area contributed by atoms with Crippen LogP contribution in [0.1, 0.15) is 93.9 Å². The molecule has 0 radical (unpaired) electrons. The predicted molar refractivity (Wildman–Crippen MR) is 160 cm³/mol. The van der Waals surface area contributed by atoms with Gasteiger partial charge in [0, 0.05) is 5.92 Å². The van der Waals surface area contributed by atoms with Gasteiger partial charge in [0.1, 0.15) is 17.1 Å². The number of ether oxygens (including phenoxy) is 3. The highest BCUT2D eigenvalue weighted by Gasteiger charge is 2.36. The average Bonchev–Trinajstić information content (AvgIpc) is 2.91. The minimum absolute atomic E-state index is 0.0353. The summed E-state index contributed by atoms with van der Waals surface area (Å²) in [7, 11) is 0. The van der Waals surface area contributed by atoms with Gasteiger partial charge in [0.05, 0.1) is 19.1 Å². The van der Waals surface area contributed by atoms with Crippen molar-refractivity contribution in [2.24, 2.45) is 11.8 Å². The summed E-state index contributed by atoms with van der Waals surface area (Å²) in [6, 6.07) is 26.3. The highest BCUT2D eigenvalue weighted by atomic mass is 16.5. The highest BCUT2D eigenvalue weighted by Crippen LogP contribution is 2.47. The molecule has 0 aliphatic heterocycles. The van der Waals surface area contributed by atoms with E-state index >= 15 is 0 Å². The van der Waals surface area contributed by atoms with Crippen LogP contribution in [-0.2, 0) is 16.0 Å². The Morgan fingerprint density at radius 1 is 0.900 bits per heavy atom. The minimum Gasteiger partial charge on any atom is -0.493 e. The van der Waals surface area contributed by atoms with Crippen molar-refractivity contribution in [1.29, 1.82) is 0 Å². The van der Waals surface area contributed by atoms with Crippen molar-refractivity contribution in [3.8, 4) is 11.5 Å². The number of unbranched alkanes of at least 4 members (excludes halogenated alkanes) is 1. The van der Waals surface area contributed by atoms with E-state index in [2.05, 4.69) is 100 Å². The van der Waals surface area contributed by atoms with E-state index in [1.54, 1.807) is 0 Å². The lowest BCUT2D eigenvalue weighted by Crippen LogP contribution is -2.35. The SMILES string of the molecule is CCCCOC(=O)C1CC(COc2ccc([C@@H]3c4ccc(OC(C)(C)C)cc4CC[C@@H]3c3ccccc3)cc2)C1. The third kappa shape index (κ3) is 6.89. The van der Waals surface area contributed by atoms with Crippen molar-refractivity contribution in [3.63, 3.8) is 0 Å². The molecule has 0 aromatic heterocycles. The number of hydrogen-bond acceptors (Lipinski definition) is 4. The average molecular weight is 541 g/mol. The first-order chi connectivity index (χ1) is 19.3. The van der Waals surface area contributed by atoms with E-state index in [4.69, 9.17) is 14.2 Å². The molecule has 0 saturated heterocycles. The molecule has 4 nitrogen and oxygen atoms in total. The van der Waals surface area contributed by atoms with Crippen LogP contribution in [0.5, 0.6) is 11.5 Å². The predicted octanol–water partition coefficient (Wildman–Crippen LogP) is 8.47. The van der Waals surface area contributed by atoms with Gasteiger partial charge in [-0.15, -0.1) is 0 Å². The summed E-state index contributed by atoms with van der Waals surface area (Å²) in [5.74, 6) is 2.95. The summed E-state index contributed by atoms with van der Waals surface area (Å²) in [5.41, 5.74) is 5.25. The molecule has 5 rings (SSSR count). The maximum absolute atomic E-state index is 12.1. The zero-order valence-corrected chi connectivity index (χ0v) is 24.5. The Hall–Kier alpha value is -3.27. The number of carbonyl (C=O) groups is 1. The van der Waals surface area contributed by atoms with E-state index in [-0.39, 0.29) is 23.4 Å². The molecule has 212 valence electrons. The monoisotopic (exact) mass is 540 g/mol. The fourth-order valence-electron chi connectivity index (χ4n) is 6.17. The van der Waals surface area contributed by atoms with Crippen LogP contribution in [0.3, 0.4) is 0 Å². The molecule has 2 aliphatic carbocycles. The molecule has 0 N–H and O–H groups in total. The van der Waals surface area contributed by atoms with Crippen LogP contribution in [0.15, 0.2) is 72.8 Å². The fraction of sp³-hybridized carbons (Fsp3) is 0.472. The van der Waals surface area contributed by atoms with Gasteiger partial charge in [0.2, 0.25) is 0 Å². The zero-order chi connectivity index (χ0) is 28.1. The second kappa shape index (κ2) is 12.5. The van der Waals surface area contributed by atoms with Gasteiger partial charge in [-0.2, -0.15) is 0 Å². The Bertz CT molecular complexity index is 1250. The molecule has 1 saturated carbocycles. The Labute approximate surface area is 240 Å². The molecular weight excluding hydrogens is 496 g/mol. The second-order valence-electron chi connectivity index (χ2n) is 12.5. The maximum Gasteiger partial charge on any atom is 0.308 e. The molecule has 0 unspecified atom stereocenters. The van der Waals surface area contributed by atoms with Gasteiger partial charge in [0.25, 0.3) is 0 Å². The number of rotatable bonds is 10. The van der Waals surface area contributed by atoms with Crippen LogP contribution in [0.4, 0.5) is 0 Å². The normalized spacial score (nSPS) is 22.1. The molecule has 0 spiro atoms. The van der Waals surface area contributed by atoms with E-state index in [1.807, 2.05) is 0 Å². The Morgan fingerprint density at radius 3 is 2.33 bits per heavy atom.